The predicted octanol–water partition coefficient (Wildman–Crippen LogP) is 1.97. The summed E-state index contributed by atoms with van der Waals surface area (Å²) in [5.74, 6) is 0.606. The first kappa shape index (κ1) is 14.5. The Morgan fingerprint density at radius 1 is 1.16 bits per heavy atom. The third-order valence-electron chi connectivity index (χ3n) is 5.10. The van der Waals surface area contributed by atoms with Crippen LogP contribution in [-0.4, -0.2) is 35.4 Å². The lowest BCUT2D eigenvalue weighted by molar-refractivity contribution is -0.887. The molecule has 19 heavy (non-hydrogen) atoms. The van der Waals surface area contributed by atoms with Crippen molar-refractivity contribution in [3.8, 4) is 0 Å². The maximum absolute atomic E-state index is 12.6. The Morgan fingerprint density at radius 3 is 2.42 bits per heavy atom. The smallest absolute Gasteiger partial charge is 0.314 e. The van der Waals surface area contributed by atoms with Crippen molar-refractivity contribution >= 4 is 11.8 Å². The Bertz CT molecular complexity index is 346. The summed E-state index contributed by atoms with van der Waals surface area (Å²) in [6.45, 7) is 3.85. The number of nitrogens with zero attached hydrogens (tertiary/aromatic N) is 1. The normalized spacial score (nSPS) is 33.3. The Kier molecular flexibility index (Phi) is 4.61. The van der Waals surface area contributed by atoms with Gasteiger partial charge in [-0.2, -0.15) is 0 Å². The molecule has 0 aromatic heterocycles. The third-order valence-corrected chi connectivity index (χ3v) is 5.10. The van der Waals surface area contributed by atoms with Crippen LogP contribution < -0.4 is 5.73 Å². The second kappa shape index (κ2) is 6.04. The molecule has 0 saturated carbocycles. The molecular formula is C15H27N2O2+. The van der Waals surface area contributed by atoms with E-state index >= 15 is 0 Å². The number of rotatable bonds is 6. The van der Waals surface area contributed by atoms with Crippen molar-refractivity contribution < 1.29 is 14.1 Å². The van der Waals surface area contributed by atoms with E-state index in [-0.39, 0.29) is 17.9 Å². The fourth-order valence-corrected chi connectivity index (χ4v) is 3.86. The highest BCUT2D eigenvalue weighted by Gasteiger charge is 2.54. The molecule has 3 heterocycles. The molecule has 1 atom stereocenters. The van der Waals surface area contributed by atoms with Gasteiger partial charge in [-0.05, 0) is 12.3 Å². The molecule has 1 unspecified atom stereocenters. The van der Waals surface area contributed by atoms with Crippen LogP contribution in [-0.2, 0) is 9.59 Å². The maximum atomic E-state index is 12.6. The summed E-state index contributed by atoms with van der Waals surface area (Å²) in [7, 11) is 0. The minimum absolute atomic E-state index is 0.244. The first-order valence-corrected chi connectivity index (χ1v) is 7.79. The fourth-order valence-electron chi connectivity index (χ4n) is 3.86. The van der Waals surface area contributed by atoms with Gasteiger partial charge in [0.2, 0.25) is 0 Å². The second-order valence-electron chi connectivity index (χ2n) is 6.28. The van der Waals surface area contributed by atoms with E-state index in [9.17, 15) is 9.59 Å². The minimum Gasteiger partial charge on any atom is -0.364 e. The van der Waals surface area contributed by atoms with Crippen molar-refractivity contribution in [2.45, 2.75) is 64.3 Å². The van der Waals surface area contributed by atoms with Gasteiger partial charge in [0.25, 0.3) is 5.91 Å². The molecule has 3 aliphatic rings. The molecule has 0 aromatic rings. The van der Waals surface area contributed by atoms with Gasteiger partial charge in [-0.25, -0.2) is 4.79 Å². The van der Waals surface area contributed by atoms with Gasteiger partial charge in [0, 0.05) is 19.3 Å². The van der Waals surface area contributed by atoms with Gasteiger partial charge >= 0.3 is 5.91 Å². The summed E-state index contributed by atoms with van der Waals surface area (Å²) < 4.78 is 0.373. The van der Waals surface area contributed by atoms with Crippen LogP contribution in [0.2, 0.25) is 0 Å². The summed E-state index contributed by atoms with van der Waals surface area (Å²) in [4.78, 5) is 24.3. The molecular weight excluding hydrogens is 240 g/mol. The van der Waals surface area contributed by atoms with Crippen molar-refractivity contribution in [3.63, 3.8) is 0 Å². The van der Waals surface area contributed by atoms with E-state index in [1.54, 1.807) is 0 Å². The van der Waals surface area contributed by atoms with Crippen molar-refractivity contribution in [2.24, 2.45) is 11.7 Å². The minimum atomic E-state index is -0.272. The van der Waals surface area contributed by atoms with Gasteiger partial charge in [0.05, 0.1) is 19.5 Å². The first-order chi connectivity index (χ1) is 9.10. The number of piperidine rings is 3. The van der Waals surface area contributed by atoms with E-state index in [2.05, 4.69) is 6.92 Å². The summed E-state index contributed by atoms with van der Waals surface area (Å²) in [6.07, 6.45) is 8.07. The van der Waals surface area contributed by atoms with Crippen molar-refractivity contribution in [3.05, 3.63) is 0 Å². The lowest BCUT2D eigenvalue weighted by atomic mass is 9.79. The van der Waals surface area contributed by atoms with E-state index in [1.165, 1.54) is 12.8 Å². The highest BCUT2D eigenvalue weighted by molar-refractivity contribution is 5.82. The van der Waals surface area contributed by atoms with Gasteiger partial charge in [0.1, 0.15) is 0 Å². The van der Waals surface area contributed by atoms with Gasteiger partial charge in [-0.15, -0.1) is 0 Å². The van der Waals surface area contributed by atoms with E-state index in [0.29, 0.717) is 16.8 Å². The maximum Gasteiger partial charge on any atom is 0.314 e. The monoisotopic (exact) mass is 267 g/mol. The van der Waals surface area contributed by atoms with Crippen LogP contribution in [0.15, 0.2) is 0 Å². The first-order valence-electron chi connectivity index (χ1n) is 7.79. The molecule has 0 spiro atoms. The number of nitrogens with two attached hydrogens (primary N) is 1. The van der Waals surface area contributed by atoms with Crippen molar-refractivity contribution in [1.82, 2.24) is 0 Å². The summed E-state index contributed by atoms with van der Waals surface area (Å²) >= 11 is 0. The number of quaternary nitrogens is 1. The Hall–Kier alpha value is -0.900. The van der Waals surface area contributed by atoms with Crippen molar-refractivity contribution in [2.75, 3.05) is 13.1 Å². The number of fused-ring (bicyclic) bond motifs is 3. The molecule has 3 rings (SSSR count). The molecule has 3 fully saturated rings. The summed E-state index contributed by atoms with van der Waals surface area (Å²) in [6, 6.07) is -0.244. The van der Waals surface area contributed by atoms with Crippen LogP contribution in [0.1, 0.15) is 58.3 Å². The molecule has 0 aromatic carbocycles. The molecule has 2 N–H and O–H groups in total. The lowest BCUT2D eigenvalue weighted by Gasteiger charge is -2.51. The van der Waals surface area contributed by atoms with E-state index in [0.717, 1.165) is 45.2 Å². The molecule has 3 aliphatic heterocycles. The lowest BCUT2D eigenvalue weighted by Crippen LogP contribution is -2.70. The third kappa shape index (κ3) is 2.83. The summed E-state index contributed by atoms with van der Waals surface area (Å²) in [5.41, 5.74) is 5.55. The Balaban J connectivity index is 2.00. The quantitative estimate of drug-likeness (QED) is 0.591. The molecule has 108 valence electrons. The highest BCUT2D eigenvalue weighted by Crippen LogP contribution is 2.39. The topological polar surface area (TPSA) is 60.2 Å². The number of amides is 2. The Labute approximate surface area is 115 Å². The largest absolute Gasteiger partial charge is 0.364 e. The zero-order chi connectivity index (χ0) is 13.9. The van der Waals surface area contributed by atoms with Gasteiger partial charge in [-0.1, -0.05) is 26.2 Å². The van der Waals surface area contributed by atoms with Crippen LogP contribution in [0.25, 0.3) is 0 Å². The van der Waals surface area contributed by atoms with Crippen LogP contribution in [0.4, 0.5) is 0 Å². The van der Waals surface area contributed by atoms with E-state index in [4.69, 9.17) is 5.73 Å². The number of primary amides is 1. The van der Waals surface area contributed by atoms with Crippen LogP contribution in [0, 0.1) is 5.92 Å². The van der Waals surface area contributed by atoms with Gasteiger partial charge in [0.15, 0.2) is 6.04 Å². The average molecular weight is 267 g/mol. The van der Waals surface area contributed by atoms with Crippen LogP contribution in [0.5, 0.6) is 0 Å². The zero-order valence-corrected chi connectivity index (χ0v) is 12.1. The molecule has 2 bridgehead atoms. The number of hydrogen-bond donors (Lipinski definition) is 1. The summed E-state index contributed by atoms with van der Waals surface area (Å²) in [5, 5.41) is 0. The van der Waals surface area contributed by atoms with Gasteiger partial charge in [-0.3, -0.25) is 9.28 Å². The molecule has 2 amide bonds. The highest BCUT2D eigenvalue weighted by atomic mass is 16.2. The van der Waals surface area contributed by atoms with Gasteiger partial charge < -0.3 is 5.73 Å². The Morgan fingerprint density at radius 2 is 1.84 bits per heavy atom. The molecule has 4 heteroatoms. The average Bonchev–Trinajstić information content (AvgIpc) is 2.44. The molecule has 0 radical (unpaired) electrons. The number of carbonyl (C=O) groups excluding carboxylic acids is 2. The SMILES string of the molecule is CCCCCCC(=O)[N+]12CCC(CC1)CC2C(N)=O. The second-order valence-corrected chi connectivity index (χ2v) is 6.28. The number of hydrogen-bond acceptors (Lipinski definition) is 2. The van der Waals surface area contributed by atoms with Crippen LogP contribution in [0.3, 0.4) is 0 Å². The van der Waals surface area contributed by atoms with E-state index < -0.39 is 0 Å². The zero-order valence-electron chi connectivity index (χ0n) is 12.1. The standard InChI is InChI=1S/C15H26N2O2/c1-2-3-4-5-6-14(18)17-9-7-12(8-10-17)11-13(17)15(16)19/h12-13H,2-11H2,1H3,(H-,16,19)/p+1. The van der Waals surface area contributed by atoms with Crippen molar-refractivity contribution in [1.29, 1.82) is 0 Å². The molecule has 3 saturated heterocycles. The van der Waals surface area contributed by atoms with Crippen LogP contribution >= 0.6 is 0 Å². The number of carbonyl (C=O) groups is 2. The fraction of sp³-hybridized carbons (Fsp3) is 0.867. The molecule has 0 aliphatic carbocycles. The number of unbranched alkanes of at least 4 members (excludes halogenated alkanes) is 3. The molecule has 4 nitrogen and oxygen atoms in total. The van der Waals surface area contributed by atoms with E-state index in [1.807, 2.05) is 0 Å². The predicted molar refractivity (Wildman–Crippen MR) is 74.1 cm³/mol.